The predicted octanol–water partition coefficient (Wildman–Crippen LogP) is 7.48. The molecule has 0 radical (unpaired) electrons. The minimum absolute atomic E-state index is 0.0978. The second-order valence-corrected chi connectivity index (χ2v) is 12.9. The van der Waals surface area contributed by atoms with E-state index >= 15 is 0 Å². The van der Waals surface area contributed by atoms with Gasteiger partial charge < -0.3 is 24.8 Å². The number of piperidine rings is 1. The van der Waals surface area contributed by atoms with Gasteiger partial charge in [0.25, 0.3) is 0 Å². The van der Waals surface area contributed by atoms with Crippen LogP contribution in [0.1, 0.15) is 80.5 Å². The van der Waals surface area contributed by atoms with E-state index in [1.54, 1.807) is 44.3 Å². The first kappa shape index (κ1) is 38.6. The first-order chi connectivity index (χ1) is 24.5. The molecule has 1 fully saturated rings. The van der Waals surface area contributed by atoms with Crippen molar-refractivity contribution in [3.8, 4) is 5.88 Å². The molecule has 0 bridgehead atoms. The number of nitrogens with zero attached hydrogens (tertiary/aromatic N) is 4. The van der Waals surface area contributed by atoms with E-state index in [0.717, 1.165) is 12.1 Å². The molecule has 5 rings (SSSR count). The van der Waals surface area contributed by atoms with Gasteiger partial charge in [-0.05, 0) is 87.9 Å². The summed E-state index contributed by atoms with van der Waals surface area (Å²) in [5.74, 6) is -1.26. The van der Waals surface area contributed by atoms with Gasteiger partial charge in [0.1, 0.15) is 5.66 Å². The van der Waals surface area contributed by atoms with Crippen LogP contribution in [0.2, 0.25) is 0 Å². The number of fused-ring (bicyclic) bond motifs is 1. The first-order valence-electron chi connectivity index (χ1n) is 17.0. The maximum absolute atomic E-state index is 13.7. The van der Waals surface area contributed by atoms with Crippen molar-refractivity contribution in [3.63, 3.8) is 0 Å². The molecular weight excluding hydrogens is 696 g/mol. The van der Waals surface area contributed by atoms with Crippen LogP contribution in [-0.4, -0.2) is 60.6 Å². The highest BCUT2D eigenvalue weighted by Crippen LogP contribution is 2.46. The van der Waals surface area contributed by atoms with Gasteiger partial charge in [0.05, 0.1) is 60.6 Å². The van der Waals surface area contributed by atoms with Crippen LogP contribution in [0.15, 0.2) is 48.7 Å². The molecule has 1 aromatic carbocycles. The second kappa shape index (κ2) is 15.2. The summed E-state index contributed by atoms with van der Waals surface area (Å²) in [6.45, 7) is 5.72. The number of anilines is 2. The van der Waals surface area contributed by atoms with Crippen molar-refractivity contribution >= 4 is 23.4 Å². The van der Waals surface area contributed by atoms with Gasteiger partial charge in [-0.15, -0.1) is 0 Å². The predicted molar refractivity (Wildman–Crippen MR) is 179 cm³/mol. The van der Waals surface area contributed by atoms with Crippen LogP contribution in [0.4, 0.5) is 42.5 Å². The maximum Gasteiger partial charge on any atom is 0.416 e. The molecule has 2 aliphatic heterocycles. The third-order valence-electron chi connectivity index (χ3n) is 9.64. The number of alkyl halides is 6. The fourth-order valence-electron chi connectivity index (χ4n) is 7.05. The fraction of sp³-hybridized carbons (Fsp3) is 0.500. The number of hydrogen-bond donors (Lipinski definition) is 1. The number of nitrogens with two attached hydrogens (primary N) is 1. The molecule has 1 amide bonds. The maximum atomic E-state index is 13.7. The minimum atomic E-state index is -5.00. The molecule has 16 heteroatoms. The Balaban J connectivity index is 1.52. The Morgan fingerprint density at radius 2 is 1.63 bits per heavy atom. The summed E-state index contributed by atoms with van der Waals surface area (Å²) in [5.41, 5.74) is 4.75. The molecule has 3 aromatic rings. The second-order valence-electron chi connectivity index (χ2n) is 12.9. The van der Waals surface area contributed by atoms with E-state index < -0.39 is 59.1 Å². The number of rotatable bonds is 9. The lowest BCUT2D eigenvalue weighted by atomic mass is 9.81. The Bertz CT molecular complexity index is 1720. The van der Waals surface area contributed by atoms with E-state index in [-0.39, 0.29) is 50.7 Å². The van der Waals surface area contributed by atoms with Gasteiger partial charge in [0, 0.05) is 30.3 Å². The van der Waals surface area contributed by atoms with Gasteiger partial charge in [0.2, 0.25) is 5.88 Å². The number of hydrogen-bond acceptors (Lipinski definition) is 9. The average molecular weight is 738 g/mol. The molecule has 282 valence electrons. The summed E-state index contributed by atoms with van der Waals surface area (Å²) >= 11 is 0. The van der Waals surface area contributed by atoms with Crippen molar-refractivity contribution in [1.29, 1.82) is 0 Å². The number of aromatic nitrogens is 2. The van der Waals surface area contributed by atoms with E-state index in [2.05, 4.69) is 4.98 Å². The largest absolute Gasteiger partial charge is 0.481 e. The van der Waals surface area contributed by atoms with Crippen molar-refractivity contribution in [2.24, 2.45) is 11.7 Å². The zero-order valence-electron chi connectivity index (χ0n) is 29.2. The Labute approximate surface area is 297 Å². The topological polar surface area (TPSA) is 120 Å². The molecule has 10 nitrogen and oxygen atoms in total. The molecule has 2 aliphatic rings. The number of amides is 1. The lowest BCUT2D eigenvalue weighted by Crippen LogP contribution is -2.61. The smallest absolute Gasteiger partial charge is 0.416 e. The van der Waals surface area contributed by atoms with Crippen molar-refractivity contribution in [3.05, 3.63) is 76.7 Å². The van der Waals surface area contributed by atoms with Gasteiger partial charge in [-0.3, -0.25) is 14.7 Å². The van der Waals surface area contributed by atoms with Crippen molar-refractivity contribution in [1.82, 2.24) is 9.97 Å². The summed E-state index contributed by atoms with van der Waals surface area (Å²) in [4.78, 5) is 38.6. The molecule has 4 heterocycles. The number of ether oxygens (including phenoxy) is 3. The summed E-state index contributed by atoms with van der Waals surface area (Å²) < 4.78 is 98.2. The minimum Gasteiger partial charge on any atom is -0.481 e. The number of pyridine rings is 2. The molecule has 0 saturated carbocycles. The Morgan fingerprint density at radius 1 is 0.962 bits per heavy atom. The molecule has 2 aromatic heterocycles. The number of methoxy groups -OCH3 is 1. The summed E-state index contributed by atoms with van der Waals surface area (Å²) in [5, 5.41) is 0. The third-order valence-corrected chi connectivity index (χ3v) is 9.64. The van der Waals surface area contributed by atoms with Gasteiger partial charge >= 0.3 is 24.4 Å². The molecule has 52 heavy (non-hydrogen) atoms. The number of carbonyl (C=O) groups is 2. The summed E-state index contributed by atoms with van der Waals surface area (Å²) in [6.07, 6.45) is -8.18. The summed E-state index contributed by atoms with van der Waals surface area (Å²) in [6, 6.07) is 7.68. The molecule has 0 aliphatic carbocycles. The Hall–Kier alpha value is -4.60. The average Bonchev–Trinajstić information content (AvgIpc) is 3.10. The first-order valence-corrected chi connectivity index (χ1v) is 17.0. The highest BCUT2D eigenvalue weighted by atomic mass is 19.4. The van der Waals surface area contributed by atoms with Crippen LogP contribution >= 0.6 is 0 Å². The molecule has 0 spiro atoms. The van der Waals surface area contributed by atoms with Crippen molar-refractivity contribution < 1.29 is 50.1 Å². The van der Waals surface area contributed by atoms with Gasteiger partial charge in [-0.1, -0.05) is 6.92 Å². The van der Waals surface area contributed by atoms with Crippen LogP contribution in [0.5, 0.6) is 5.88 Å². The monoisotopic (exact) mass is 737 g/mol. The molecule has 1 saturated heterocycles. The zero-order valence-corrected chi connectivity index (χ0v) is 29.2. The van der Waals surface area contributed by atoms with Crippen LogP contribution in [-0.2, 0) is 33.0 Å². The Kier molecular flexibility index (Phi) is 11.3. The molecule has 2 unspecified atom stereocenters. The Morgan fingerprint density at radius 3 is 2.19 bits per heavy atom. The highest BCUT2D eigenvalue weighted by molar-refractivity contribution is 5.91. The molecule has 2 N–H and O–H groups in total. The summed E-state index contributed by atoms with van der Waals surface area (Å²) in [7, 11) is 1.47. The zero-order chi connectivity index (χ0) is 38.0. The van der Waals surface area contributed by atoms with E-state index in [9.17, 15) is 35.9 Å². The molecular formula is C36H41F6N5O5. The number of halogens is 6. The molecule has 4 atom stereocenters. The van der Waals surface area contributed by atoms with E-state index in [1.807, 2.05) is 11.8 Å². The standard InChI is InChI=1S/C36H41F6N5O5/c1-5-34(43)19-27(31-29(10-11-30(45-31)50-4)47(34)33(49)52-7-3)28-9-8-25(20-44-28)46-13-12-22(32(48)51-6-2)17-26(46)16-21-14-23(35(37,38)39)18-24(15-21)36(40,41)42/h8-11,14-15,18,20,22,26-27H,5-7,12-13,16-17,19,43H2,1-4H3/t22?,26?,27-,34+/m0/s1. The number of benzene rings is 1. The van der Waals surface area contributed by atoms with E-state index in [1.165, 1.54) is 12.0 Å². The third kappa shape index (κ3) is 8.06. The fourth-order valence-corrected chi connectivity index (χ4v) is 7.05. The van der Waals surface area contributed by atoms with E-state index in [0.29, 0.717) is 41.5 Å². The van der Waals surface area contributed by atoms with Crippen LogP contribution in [0.3, 0.4) is 0 Å². The lowest BCUT2D eigenvalue weighted by Gasteiger charge is -2.46. The van der Waals surface area contributed by atoms with Crippen LogP contribution < -0.4 is 20.3 Å². The highest BCUT2D eigenvalue weighted by Gasteiger charge is 2.47. The number of esters is 1. The number of carbonyl (C=O) groups excluding carboxylic acids is 2. The van der Waals surface area contributed by atoms with Crippen LogP contribution in [0, 0.1) is 5.92 Å². The van der Waals surface area contributed by atoms with E-state index in [4.69, 9.17) is 24.9 Å². The van der Waals surface area contributed by atoms with Crippen LogP contribution in [0.25, 0.3) is 0 Å². The normalized spacial score (nSPS) is 22.1. The van der Waals surface area contributed by atoms with Crippen molar-refractivity contribution in [2.45, 2.75) is 82.9 Å². The quantitative estimate of drug-likeness (QED) is 0.176. The van der Waals surface area contributed by atoms with Gasteiger partial charge in [0.15, 0.2) is 0 Å². The lowest BCUT2D eigenvalue weighted by molar-refractivity contribution is -0.149. The van der Waals surface area contributed by atoms with Gasteiger partial charge in [-0.25, -0.2) is 9.78 Å². The van der Waals surface area contributed by atoms with Gasteiger partial charge in [-0.2, -0.15) is 26.3 Å². The SMILES string of the molecule is CCOC(=O)C1CCN(c2ccc([C@@H]3C[C@@](N)(CC)N(C(=O)OCC)c4ccc(OC)nc43)nc2)C(Cc2cc(C(F)(F)F)cc(C(F)(F)F)c2)C1. The van der Waals surface area contributed by atoms with Crippen molar-refractivity contribution in [2.75, 3.05) is 36.7 Å².